The van der Waals surface area contributed by atoms with Crippen LogP contribution in [0.15, 0.2) is 35.9 Å². The summed E-state index contributed by atoms with van der Waals surface area (Å²) in [4.78, 5) is 22.0. The maximum Gasteiger partial charge on any atom is 0.358 e. The second-order valence-electron chi connectivity index (χ2n) is 3.84. The van der Waals surface area contributed by atoms with Gasteiger partial charge in [0.2, 0.25) is 0 Å². The number of carbonyl (C=O) groups is 1. The third kappa shape index (κ3) is 4.54. The van der Waals surface area contributed by atoms with Gasteiger partial charge < -0.3 is 14.6 Å². The maximum atomic E-state index is 11.7. The second kappa shape index (κ2) is 8.35. The highest BCUT2D eigenvalue weighted by Crippen LogP contribution is 2.22. The first-order valence-electron chi connectivity index (χ1n) is 6.47. The Morgan fingerprint density at radius 1 is 1.23 bits per heavy atom. The van der Waals surface area contributed by atoms with E-state index in [2.05, 4.69) is 10.9 Å². The van der Waals surface area contributed by atoms with Crippen molar-refractivity contribution in [2.45, 2.75) is 13.8 Å². The molecule has 0 aliphatic carbocycles. The number of hydrogen-bond acceptors (Lipinski definition) is 8. The summed E-state index contributed by atoms with van der Waals surface area (Å²) in [5.74, 6) is -1.85. The number of hydrogen-bond donors (Lipinski definition) is 2. The number of carbonyl (C=O) groups excluding carboxylic acids is 1. The van der Waals surface area contributed by atoms with Gasteiger partial charge in [-0.3, -0.25) is 21.0 Å². The quantitative estimate of drug-likeness (QED) is 0.235. The molecule has 0 aliphatic heterocycles. The summed E-state index contributed by atoms with van der Waals surface area (Å²) >= 11 is 0. The summed E-state index contributed by atoms with van der Waals surface area (Å²) < 4.78 is 9.45. The van der Waals surface area contributed by atoms with Crippen molar-refractivity contribution in [3.63, 3.8) is 0 Å². The molecule has 2 N–H and O–H groups in total. The third-order valence-corrected chi connectivity index (χ3v) is 2.38. The minimum Gasteiger partial charge on any atom is -0.612 e. The van der Waals surface area contributed by atoms with Gasteiger partial charge in [-0.15, -0.1) is 0 Å². The Kier molecular flexibility index (Phi) is 6.48. The molecule has 0 unspecified atom stereocenters. The number of ether oxygens (including phenoxy) is 2. The summed E-state index contributed by atoms with van der Waals surface area (Å²) in [7, 11) is 0. The van der Waals surface area contributed by atoms with E-state index >= 15 is 0 Å². The van der Waals surface area contributed by atoms with E-state index in [0.29, 0.717) is 0 Å². The fourth-order valence-corrected chi connectivity index (χ4v) is 1.46. The molecule has 1 aromatic carbocycles. The molecule has 0 atom stereocenters. The molecule has 0 amide bonds. The monoisotopic (exact) mass is 310 g/mol. The fraction of sp³-hybridized carbons (Fsp3) is 0.308. The number of nitro groups is 1. The number of para-hydroxylation sites is 2. The van der Waals surface area contributed by atoms with Gasteiger partial charge in [-0.2, -0.15) is 0 Å². The Morgan fingerprint density at radius 2 is 1.86 bits per heavy atom. The van der Waals surface area contributed by atoms with Gasteiger partial charge in [0.15, 0.2) is 5.70 Å². The van der Waals surface area contributed by atoms with Crippen LogP contribution in [-0.4, -0.2) is 24.1 Å². The molecule has 0 saturated carbocycles. The lowest BCUT2D eigenvalue weighted by Gasteiger charge is -2.19. The Hall–Kier alpha value is -2.97. The van der Waals surface area contributed by atoms with E-state index in [1.807, 2.05) is 0 Å². The zero-order valence-corrected chi connectivity index (χ0v) is 12.1. The van der Waals surface area contributed by atoms with Crippen molar-refractivity contribution < 1.29 is 24.3 Å². The van der Waals surface area contributed by atoms with Crippen LogP contribution in [0.4, 0.5) is 11.4 Å². The smallest absolute Gasteiger partial charge is 0.358 e. The largest absolute Gasteiger partial charge is 0.612 e. The van der Waals surface area contributed by atoms with E-state index in [1.165, 1.54) is 18.2 Å². The van der Waals surface area contributed by atoms with Crippen LogP contribution in [0, 0.1) is 10.1 Å². The first kappa shape index (κ1) is 17.1. The van der Waals surface area contributed by atoms with Crippen LogP contribution in [0.25, 0.3) is 0 Å². The lowest BCUT2D eigenvalue weighted by atomic mass is 10.3. The van der Waals surface area contributed by atoms with Crippen LogP contribution in [0.5, 0.6) is 0 Å². The summed E-state index contributed by atoms with van der Waals surface area (Å²) in [5.41, 5.74) is 4.12. The van der Waals surface area contributed by atoms with E-state index in [-0.39, 0.29) is 24.6 Å². The van der Waals surface area contributed by atoms with Crippen LogP contribution < -0.4 is 16.0 Å². The van der Waals surface area contributed by atoms with Crippen molar-refractivity contribution in [2.75, 3.05) is 18.6 Å². The fourth-order valence-electron chi connectivity index (χ4n) is 1.46. The summed E-state index contributed by atoms with van der Waals surface area (Å²) in [6.07, 6.45) is 0. The molecular formula is C13H16N3O6-. The van der Waals surface area contributed by atoms with Crippen molar-refractivity contribution in [2.24, 2.45) is 0 Å². The Bertz CT molecular complexity index is 573. The first-order valence-corrected chi connectivity index (χ1v) is 6.47. The molecule has 0 saturated heterocycles. The number of hydrazine groups is 1. The highest BCUT2D eigenvalue weighted by molar-refractivity contribution is 5.88. The summed E-state index contributed by atoms with van der Waals surface area (Å²) in [6.45, 7) is 3.29. The van der Waals surface area contributed by atoms with Gasteiger partial charge in [-0.25, -0.2) is 4.79 Å². The zero-order chi connectivity index (χ0) is 16.5. The lowest BCUT2D eigenvalue weighted by molar-refractivity contribution is -0.384. The molecule has 0 heterocycles. The van der Waals surface area contributed by atoms with E-state index in [0.717, 1.165) is 0 Å². The number of nitro benzene ring substituents is 1. The average Bonchev–Trinajstić information content (AvgIpc) is 2.48. The summed E-state index contributed by atoms with van der Waals surface area (Å²) in [6, 6.07) is 5.74. The first-order chi connectivity index (χ1) is 10.5. The molecule has 0 fully saturated rings. The van der Waals surface area contributed by atoms with Gasteiger partial charge in [0, 0.05) is 6.07 Å². The standard InChI is InChI=1S/C13H17N3O6/c1-3-21-12(17)11(13(18)22-4-2)15-14-9-7-5-6-8-10(9)16(19)20/h5-8,14-15,17H,3-4H2,1-2H3/p-1. The van der Waals surface area contributed by atoms with Crippen molar-refractivity contribution in [3.05, 3.63) is 46.0 Å². The van der Waals surface area contributed by atoms with Crippen molar-refractivity contribution in [1.82, 2.24) is 5.43 Å². The highest BCUT2D eigenvalue weighted by atomic mass is 16.6. The van der Waals surface area contributed by atoms with Crippen molar-refractivity contribution in [3.8, 4) is 0 Å². The van der Waals surface area contributed by atoms with Crippen molar-refractivity contribution >= 4 is 17.3 Å². The Morgan fingerprint density at radius 3 is 2.45 bits per heavy atom. The SMILES string of the molecule is CCOC(=O)C(NNc1ccccc1[N+](=O)[O-])=C([O-])OCC. The van der Waals surface area contributed by atoms with Gasteiger partial charge in [-0.1, -0.05) is 19.1 Å². The minimum absolute atomic E-state index is 0.0644. The molecule has 120 valence electrons. The maximum absolute atomic E-state index is 11.7. The lowest BCUT2D eigenvalue weighted by Crippen LogP contribution is -2.32. The molecule has 0 spiro atoms. The molecule has 1 aromatic rings. The molecule has 22 heavy (non-hydrogen) atoms. The number of benzene rings is 1. The molecule has 0 bridgehead atoms. The number of nitrogens with one attached hydrogen (secondary N) is 2. The number of esters is 1. The molecule has 9 nitrogen and oxygen atoms in total. The van der Waals surface area contributed by atoms with Gasteiger partial charge >= 0.3 is 5.97 Å². The Labute approximate surface area is 126 Å². The molecule has 9 heteroatoms. The molecule has 0 aliphatic rings. The molecule has 0 aromatic heterocycles. The van der Waals surface area contributed by atoms with E-state index in [1.54, 1.807) is 19.9 Å². The normalized spacial score (nSPS) is 11.2. The van der Waals surface area contributed by atoms with Crippen molar-refractivity contribution in [1.29, 1.82) is 0 Å². The zero-order valence-electron chi connectivity index (χ0n) is 12.1. The van der Waals surface area contributed by atoms with E-state index in [4.69, 9.17) is 9.47 Å². The van der Waals surface area contributed by atoms with Crippen LogP contribution >= 0.6 is 0 Å². The van der Waals surface area contributed by atoms with Gasteiger partial charge in [0.1, 0.15) is 5.69 Å². The summed E-state index contributed by atoms with van der Waals surface area (Å²) in [5, 5.41) is 22.6. The van der Waals surface area contributed by atoms with Gasteiger partial charge in [-0.05, 0) is 19.6 Å². The van der Waals surface area contributed by atoms with Crippen LogP contribution in [0.1, 0.15) is 13.8 Å². The molecular weight excluding hydrogens is 294 g/mol. The van der Waals surface area contributed by atoms with Crippen LogP contribution in [0.3, 0.4) is 0 Å². The van der Waals surface area contributed by atoms with E-state index < -0.39 is 22.5 Å². The topological polar surface area (TPSA) is 126 Å². The van der Waals surface area contributed by atoms with E-state index in [9.17, 15) is 20.0 Å². The predicted octanol–water partition coefficient (Wildman–Crippen LogP) is 0.640. The predicted molar refractivity (Wildman–Crippen MR) is 75.1 cm³/mol. The minimum atomic E-state index is -0.924. The molecule has 0 radical (unpaired) electrons. The Balaban J connectivity index is 2.95. The molecule has 1 rings (SSSR count). The van der Waals surface area contributed by atoms with Gasteiger partial charge in [0.05, 0.1) is 17.5 Å². The second-order valence-corrected chi connectivity index (χ2v) is 3.84. The van der Waals surface area contributed by atoms with Gasteiger partial charge in [0.25, 0.3) is 5.69 Å². The van der Waals surface area contributed by atoms with Crippen LogP contribution in [-0.2, 0) is 14.3 Å². The number of anilines is 1. The van der Waals surface area contributed by atoms with Crippen LogP contribution in [0.2, 0.25) is 0 Å². The number of nitrogens with zero attached hydrogens (tertiary/aromatic N) is 1. The average molecular weight is 310 g/mol. The third-order valence-electron chi connectivity index (χ3n) is 2.38. The number of rotatable bonds is 8. The highest BCUT2D eigenvalue weighted by Gasteiger charge is 2.16.